The Labute approximate surface area is 122 Å². The minimum atomic E-state index is -0.129. The third-order valence-electron chi connectivity index (χ3n) is 3.70. The summed E-state index contributed by atoms with van der Waals surface area (Å²) < 4.78 is 15.4. The van der Waals surface area contributed by atoms with E-state index in [-0.39, 0.29) is 18.7 Å². The summed E-state index contributed by atoms with van der Waals surface area (Å²) in [5.74, 6) is 1.15. The summed E-state index contributed by atoms with van der Waals surface area (Å²) in [6.07, 6.45) is 0.838. The van der Waals surface area contributed by atoms with Crippen LogP contribution in [0.25, 0.3) is 0 Å². The quantitative estimate of drug-likeness (QED) is 0.799. The fourth-order valence-corrected chi connectivity index (χ4v) is 2.99. The smallest absolute Gasteiger partial charge is 0.310 e. The molecule has 1 saturated heterocycles. The second-order valence-corrected chi connectivity index (χ2v) is 5.46. The number of rotatable bonds is 3. The number of halogens is 1. The van der Waals surface area contributed by atoms with Crippen molar-refractivity contribution in [1.82, 2.24) is 4.90 Å². The molecule has 1 aromatic rings. The predicted molar refractivity (Wildman–Crippen MR) is 73.0 cm³/mol. The number of likely N-dealkylation sites (tertiary alicyclic amines) is 1. The van der Waals surface area contributed by atoms with E-state index in [1.165, 1.54) is 7.11 Å². The number of carbonyl (C=O) groups is 1. The second kappa shape index (κ2) is 5.50. The summed E-state index contributed by atoms with van der Waals surface area (Å²) in [7, 11) is 1.43. The molecule has 1 atom stereocenters. The van der Waals surface area contributed by atoms with Crippen LogP contribution in [0.4, 0.5) is 0 Å². The summed E-state index contributed by atoms with van der Waals surface area (Å²) in [5, 5.41) is 0.568. The fourth-order valence-electron chi connectivity index (χ4n) is 2.71. The van der Waals surface area contributed by atoms with Crippen LogP contribution in [0.5, 0.6) is 11.5 Å². The van der Waals surface area contributed by atoms with Crippen LogP contribution < -0.4 is 9.47 Å². The molecule has 1 unspecified atom stereocenters. The Morgan fingerprint density at radius 2 is 2.35 bits per heavy atom. The van der Waals surface area contributed by atoms with Crippen molar-refractivity contribution in [2.24, 2.45) is 5.92 Å². The first kappa shape index (κ1) is 13.5. The van der Waals surface area contributed by atoms with Crippen molar-refractivity contribution in [3.63, 3.8) is 0 Å². The predicted octanol–water partition coefficient (Wildman–Crippen LogP) is 2.06. The lowest BCUT2D eigenvalue weighted by Crippen LogP contribution is -2.23. The number of esters is 1. The van der Waals surface area contributed by atoms with Gasteiger partial charge in [-0.15, -0.1) is 0 Å². The van der Waals surface area contributed by atoms with E-state index in [0.29, 0.717) is 16.5 Å². The van der Waals surface area contributed by atoms with Gasteiger partial charge >= 0.3 is 5.97 Å². The Morgan fingerprint density at radius 3 is 3.15 bits per heavy atom. The van der Waals surface area contributed by atoms with Gasteiger partial charge in [-0.05, 0) is 30.7 Å². The van der Waals surface area contributed by atoms with E-state index in [1.54, 1.807) is 0 Å². The van der Waals surface area contributed by atoms with E-state index in [4.69, 9.17) is 25.8 Å². The molecule has 6 heteroatoms. The van der Waals surface area contributed by atoms with E-state index in [1.807, 2.05) is 12.1 Å². The van der Waals surface area contributed by atoms with E-state index in [2.05, 4.69) is 4.90 Å². The Bertz CT molecular complexity index is 534. The molecule has 1 fully saturated rings. The largest absolute Gasteiger partial charge is 0.469 e. The summed E-state index contributed by atoms with van der Waals surface area (Å²) in [4.78, 5) is 13.7. The maximum atomic E-state index is 11.5. The van der Waals surface area contributed by atoms with Crippen LogP contribution in [0.3, 0.4) is 0 Å². The van der Waals surface area contributed by atoms with Gasteiger partial charge in [0, 0.05) is 13.1 Å². The Hall–Kier alpha value is -1.46. The number of methoxy groups -OCH3 is 1. The lowest BCUT2D eigenvalue weighted by molar-refractivity contribution is -0.144. The minimum absolute atomic E-state index is 0.0236. The van der Waals surface area contributed by atoms with E-state index in [9.17, 15) is 4.79 Å². The van der Waals surface area contributed by atoms with Crippen molar-refractivity contribution in [2.45, 2.75) is 13.0 Å². The van der Waals surface area contributed by atoms with Crippen molar-refractivity contribution < 1.29 is 19.0 Å². The van der Waals surface area contributed by atoms with Crippen molar-refractivity contribution in [2.75, 3.05) is 27.0 Å². The van der Waals surface area contributed by atoms with Crippen LogP contribution in [0.2, 0.25) is 5.02 Å². The molecule has 20 heavy (non-hydrogen) atoms. The molecular formula is C14H16ClNO4. The average Bonchev–Trinajstić information content (AvgIpc) is 3.07. The topological polar surface area (TPSA) is 48.0 Å². The second-order valence-electron chi connectivity index (χ2n) is 5.06. The molecule has 3 rings (SSSR count). The normalized spacial score (nSPS) is 21.2. The molecular weight excluding hydrogens is 282 g/mol. The zero-order valence-corrected chi connectivity index (χ0v) is 12.0. The highest BCUT2D eigenvalue weighted by molar-refractivity contribution is 6.32. The maximum Gasteiger partial charge on any atom is 0.310 e. The molecule has 2 heterocycles. The number of hydrogen-bond donors (Lipinski definition) is 0. The first-order valence-corrected chi connectivity index (χ1v) is 6.93. The van der Waals surface area contributed by atoms with E-state index >= 15 is 0 Å². The lowest BCUT2D eigenvalue weighted by atomic mass is 10.1. The molecule has 2 aliphatic rings. The molecule has 108 valence electrons. The van der Waals surface area contributed by atoms with Crippen molar-refractivity contribution in [3.8, 4) is 11.5 Å². The molecule has 0 radical (unpaired) electrons. The van der Waals surface area contributed by atoms with E-state index in [0.717, 1.165) is 31.6 Å². The number of ether oxygens (including phenoxy) is 3. The van der Waals surface area contributed by atoms with Crippen LogP contribution in [0, 0.1) is 5.92 Å². The highest BCUT2D eigenvalue weighted by Crippen LogP contribution is 2.40. The zero-order valence-electron chi connectivity index (χ0n) is 11.2. The number of carbonyl (C=O) groups excluding carboxylic acids is 1. The number of fused-ring (bicyclic) bond motifs is 1. The SMILES string of the molecule is COC(=O)C1CCN(Cc2cc(Cl)c3c(c2)OCO3)C1. The molecule has 2 aliphatic heterocycles. The first-order valence-electron chi connectivity index (χ1n) is 6.55. The monoisotopic (exact) mass is 297 g/mol. The molecule has 0 bridgehead atoms. The molecule has 0 N–H and O–H groups in total. The summed E-state index contributed by atoms with van der Waals surface area (Å²) >= 11 is 6.16. The van der Waals surface area contributed by atoms with Gasteiger partial charge < -0.3 is 14.2 Å². The van der Waals surface area contributed by atoms with Gasteiger partial charge in [-0.3, -0.25) is 9.69 Å². The third-order valence-corrected chi connectivity index (χ3v) is 3.98. The van der Waals surface area contributed by atoms with Gasteiger partial charge in [0.1, 0.15) is 0 Å². The fraction of sp³-hybridized carbons (Fsp3) is 0.500. The minimum Gasteiger partial charge on any atom is -0.469 e. The van der Waals surface area contributed by atoms with Crippen molar-refractivity contribution in [1.29, 1.82) is 0 Å². The summed E-state index contributed by atoms with van der Waals surface area (Å²) in [6.45, 7) is 2.56. The maximum absolute atomic E-state index is 11.5. The van der Waals surface area contributed by atoms with Gasteiger partial charge in [0.25, 0.3) is 0 Å². The molecule has 0 spiro atoms. The Morgan fingerprint density at radius 1 is 1.50 bits per heavy atom. The first-order chi connectivity index (χ1) is 9.67. The van der Waals surface area contributed by atoms with Gasteiger partial charge in [0.2, 0.25) is 6.79 Å². The van der Waals surface area contributed by atoms with Crippen LogP contribution in [-0.4, -0.2) is 37.9 Å². The molecule has 0 saturated carbocycles. The highest BCUT2D eigenvalue weighted by atomic mass is 35.5. The van der Waals surface area contributed by atoms with Gasteiger partial charge in [0.15, 0.2) is 11.5 Å². The van der Waals surface area contributed by atoms with Crippen LogP contribution in [0.1, 0.15) is 12.0 Å². The van der Waals surface area contributed by atoms with Gasteiger partial charge in [-0.2, -0.15) is 0 Å². The zero-order chi connectivity index (χ0) is 14.1. The number of benzene rings is 1. The van der Waals surface area contributed by atoms with Crippen molar-refractivity contribution >= 4 is 17.6 Å². The summed E-state index contributed by atoms with van der Waals surface area (Å²) in [6, 6.07) is 3.83. The average molecular weight is 298 g/mol. The van der Waals surface area contributed by atoms with Crippen LogP contribution in [0.15, 0.2) is 12.1 Å². The van der Waals surface area contributed by atoms with Gasteiger partial charge in [-0.25, -0.2) is 0 Å². The van der Waals surface area contributed by atoms with Crippen LogP contribution >= 0.6 is 11.6 Å². The van der Waals surface area contributed by atoms with Crippen LogP contribution in [-0.2, 0) is 16.1 Å². The van der Waals surface area contributed by atoms with E-state index < -0.39 is 0 Å². The molecule has 0 aromatic heterocycles. The number of nitrogens with zero attached hydrogens (tertiary/aromatic N) is 1. The van der Waals surface area contributed by atoms with Crippen molar-refractivity contribution in [3.05, 3.63) is 22.7 Å². The molecule has 0 amide bonds. The molecule has 5 nitrogen and oxygen atoms in total. The molecule has 0 aliphatic carbocycles. The third kappa shape index (κ3) is 2.55. The van der Waals surface area contributed by atoms with Gasteiger partial charge in [0.05, 0.1) is 18.1 Å². The van der Waals surface area contributed by atoms with Gasteiger partial charge in [-0.1, -0.05) is 11.6 Å². The summed E-state index contributed by atoms with van der Waals surface area (Å²) in [5.41, 5.74) is 1.06. The standard InChI is InChI=1S/C14H16ClNO4/c1-18-14(17)10-2-3-16(7-10)6-9-4-11(15)13-12(5-9)19-8-20-13/h4-5,10H,2-3,6-8H2,1H3. The molecule has 1 aromatic carbocycles. The lowest BCUT2D eigenvalue weighted by Gasteiger charge is -2.16. The number of hydrogen-bond acceptors (Lipinski definition) is 5. The Balaban J connectivity index is 1.67. The Kier molecular flexibility index (Phi) is 3.72. The highest BCUT2D eigenvalue weighted by Gasteiger charge is 2.29.